The van der Waals surface area contributed by atoms with E-state index in [2.05, 4.69) is 0 Å². The fraction of sp³-hybridized carbons (Fsp3) is 0.818. The number of carboxylic acid groups (broad SMARTS) is 1. The van der Waals surface area contributed by atoms with Crippen LogP contribution in [-0.4, -0.2) is 41.0 Å². The van der Waals surface area contributed by atoms with Crippen LogP contribution in [0, 0.1) is 11.8 Å². The maximum Gasteiger partial charge on any atom is 0.306 e. The number of likely N-dealkylation sites (tertiary alicyclic amines) is 1. The van der Waals surface area contributed by atoms with Gasteiger partial charge in [0.25, 0.3) is 0 Å². The van der Waals surface area contributed by atoms with Crippen LogP contribution in [-0.2, 0) is 9.59 Å². The summed E-state index contributed by atoms with van der Waals surface area (Å²) in [6, 6.07) is -0.425. The molecule has 3 N–H and O–H groups in total. The summed E-state index contributed by atoms with van der Waals surface area (Å²) in [5.41, 5.74) is 5.71. The molecule has 1 saturated heterocycles. The van der Waals surface area contributed by atoms with Crippen molar-refractivity contribution in [1.82, 2.24) is 4.90 Å². The minimum absolute atomic E-state index is 0.0457. The van der Waals surface area contributed by atoms with Crippen molar-refractivity contribution < 1.29 is 14.7 Å². The molecule has 1 fully saturated rings. The molecule has 1 aliphatic rings. The minimum atomic E-state index is -0.796. The summed E-state index contributed by atoms with van der Waals surface area (Å²) in [6.07, 6.45) is 1.57. The summed E-state index contributed by atoms with van der Waals surface area (Å²) in [4.78, 5) is 24.1. The Kier molecular flexibility index (Phi) is 4.29. The molecular weight excluding hydrogens is 208 g/mol. The molecule has 0 aromatic carbocycles. The van der Waals surface area contributed by atoms with Gasteiger partial charge in [0.2, 0.25) is 5.91 Å². The monoisotopic (exact) mass is 228 g/mol. The van der Waals surface area contributed by atoms with Crippen molar-refractivity contribution in [2.45, 2.75) is 32.7 Å². The zero-order valence-electron chi connectivity index (χ0n) is 9.85. The molecule has 2 atom stereocenters. The van der Waals surface area contributed by atoms with E-state index >= 15 is 0 Å². The number of nitrogens with zero attached hydrogens (tertiary/aromatic N) is 1. The SMILES string of the molecule is CCC[C@@H](N)C(=O)N1CC(C(C)C(=O)O)C1. The highest BCUT2D eigenvalue weighted by atomic mass is 16.4. The summed E-state index contributed by atoms with van der Waals surface area (Å²) in [7, 11) is 0. The molecule has 1 unspecified atom stereocenters. The predicted octanol–water partition coefficient (Wildman–Crippen LogP) is 0.293. The number of nitrogens with two attached hydrogens (primary N) is 1. The number of hydrogen-bond acceptors (Lipinski definition) is 3. The zero-order valence-corrected chi connectivity index (χ0v) is 9.85. The van der Waals surface area contributed by atoms with Crippen molar-refractivity contribution in [3.63, 3.8) is 0 Å². The van der Waals surface area contributed by atoms with E-state index in [4.69, 9.17) is 10.8 Å². The molecule has 92 valence electrons. The van der Waals surface area contributed by atoms with Gasteiger partial charge in [0.15, 0.2) is 0 Å². The van der Waals surface area contributed by atoms with Gasteiger partial charge in [-0.1, -0.05) is 20.3 Å². The highest BCUT2D eigenvalue weighted by Gasteiger charge is 2.38. The second-order valence-corrected chi connectivity index (χ2v) is 4.53. The van der Waals surface area contributed by atoms with E-state index in [1.165, 1.54) is 0 Å². The van der Waals surface area contributed by atoms with Gasteiger partial charge in [-0.3, -0.25) is 9.59 Å². The van der Waals surface area contributed by atoms with Gasteiger partial charge in [-0.25, -0.2) is 0 Å². The fourth-order valence-corrected chi connectivity index (χ4v) is 1.88. The average Bonchev–Trinajstić information content (AvgIpc) is 2.15. The first-order chi connectivity index (χ1) is 7.47. The second-order valence-electron chi connectivity index (χ2n) is 4.53. The van der Waals surface area contributed by atoms with Crippen molar-refractivity contribution in [1.29, 1.82) is 0 Å². The van der Waals surface area contributed by atoms with Gasteiger partial charge >= 0.3 is 5.97 Å². The van der Waals surface area contributed by atoms with Crippen molar-refractivity contribution >= 4 is 11.9 Å². The maximum atomic E-state index is 11.7. The summed E-state index contributed by atoms with van der Waals surface area (Å²) in [5, 5.41) is 8.81. The van der Waals surface area contributed by atoms with E-state index in [1.54, 1.807) is 11.8 Å². The number of amides is 1. The Bertz CT molecular complexity index is 274. The van der Waals surface area contributed by atoms with Crippen LogP contribution in [0.5, 0.6) is 0 Å². The maximum absolute atomic E-state index is 11.7. The Morgan fingerprint density at radius 1 is 1.50 bits per heavy atom. The molecule has 1 rings (SSSR count). The van der Waals surface area contributed by atoms with E-state index < -0.39 is 12.0 Å². The average molecular weight is 228 g/mol. The molecule has 0 aromatic heterocycles. The summed E-state index contributed by atoms with van der Waals surface area (Å²) < 4.78 is 0. The first-order valence-electron chi connectivity index (χ1n) is 5.74. The van der Waals surface area contributed by atoms with Crippen LogP contribution < -0.4 is 5.73 Å². The molecule has 0 radical (unpaired) electrons. The topological polar surface area (TPSA) is 83.6 Å². The molecule has 1 aliphatic heterocycles. The van der Waals surface area contributed by atoms with Crippen LogP contribution in [0.25, 0.3) is 0 Å². The van der Waals surface area contributed by atoms with Gasteiger partial charge in [-0.15, -0.1) is 0 Å². The van der Waals surface area contributed by atoms with Gasteiger partial charge in [0.05, 0.1) is 12.0 Å². The third-order valence-electron chi connectivity index (χ3n) is 3.23. The lowest BCUT2D eigenvalue weighted by Gasteiger charge is -2.42. The molecule has 0 spiro atoms. The highest BCUT2D eigenvalue weighted by molar-refractivity contribution is 5.82. The lowest BCUT2D eigenvalue weighted by molar-refractivity contribution is -0.151. The van der Waals surface area contributed by atoms with Crippen LogP contribution in [0.4, 0.5) is 0 Å². The first-order valence-corrected chi connectivity index (χ1v) is 5.74. The summed E-state index contributed by atoms with van der Waals surface area (Å²) in [5.74, 6) is -1.15. The Balaban J connectivity index is 2.35. The third-order valence-corrected chi connectivity index (χ3v) is 3.23. The number of aliphatic carboxylic acids is 1. The number of rotatable bonds is 5. The molecule has 0 aliphatic carbocycles. The molecule has 0 saturated carbocycles. The Labute approximate surface area is 95.6 Å². The molecule has 1 amide bonds. The summed E-state index contributed by atoms with van der Waals surface area (Å²) >= 11 is 0. The number of carbonyl (C=O) groups excluding carboxylic acids is 1. The van der Waals surface area contributed by atoms with Crippen LogP contribution in [0.3, 0.4) is 0 Å². The van der Waals surface area contributed by atoms with Crippen LogP contribution in [0.1, 0.15) is 26.7 Å². The summed E-state index contributed by atoms with van der Waals surface area (Å²) in [6.45, 7) is 4.73. The lowest BCUT2D eigenvalue weighted by Crippen LogP contribution is -2.57. The van der Waals surface area contributed by atoms with Crippen molar-refractivity contribution in [3.8, 4) is 0 Å². The van der Waals surface area contributed by atoms with Crippen molar-refractivity contribution in [2.75, 3.05) is 13.1 Å². The Morgan fingerprint density at radius 2 is 2.06 bits per heavy atom. The second kappa shape index (κ2) is 5.30. The van der Waals surface area contributed by atoms with Crippen LogP contribution in [0.2, 0.25) is 0 Å². The number of carbonyl (C=O) groups is 2. The lowest BCUT2D eigenvalue weighted by atomic mass is 9.86. The Morgan fingerprint density at radius 3 is 2.50 bits per heavy atom. The molecule has 0 aromatic rings. The van der Waals surface area contributed by atoms with E-state index in [9.17, 15) is 9.59 Å². The smallest absolute Gasteiger partial charge is 0.306 e. The highest BCUT2D eigenvalue weighted by Crippen LogP contribution is 2.24. The van der Waals surface area contributed by atoms with E-state index in [1.807, 2.05) is 6.92 Å². The minimum Gasteiger partial charge on any atom is -0.481 e. The van der Waals surface area contributed by atoms with E-state index in [0.29, 0.717) is 19.5 Å². The standard InChI is InChI=1S/C11H20N2O3/c1-3-4-9(12)10(14)13-5-8(6-13)7(2)11(15)16/h7-9H,3-6,12H2,1-2H3,(H,15,16)/t7?,9-/m1/s1. The fourth-order valence-electron chi connectivity index (χ4n) is 1.88. The quantitative estimate of drug-likeness (QED) is 0.708. The molecule has 16 heavy (non-hydrogen) atoms. The van der Waals surface area contributed by atoms with Gasteiger partial charge in [0, 0.05) is 19.0 Å². The number of carboxylic acids is 1. The van der Waals surface area contributed by atoms with E-state index in [0.717, 1.165) is 6.42 Å². The molecule has 5 nitrogen and oxygen atoms in total. The largest absolute Gasteiger partial charge is 0.481 e. The molecule has 0 bridgehead atoms. The first kappa shape index (κ1) is 13.0. The zero-order chi connectivity index (χ0) is 12.3. The van der Waals surface area contributed by atoms with Crippen LogP contribution in [0.15, 0.2) is 0 Å². The normalized spacial score (nSPS) is 20.1. The van der Waals surface area contributed by atoms with Crippen molar-refractivity contribution in [3.05, 3.63) is 0 Å². The van der Waals surface area contributed by atoms with Gasteiger partial charge in [0.1, 0.15) is 0 Å². The van der Waals surface area contributed by atoms with Crippen molar-refractivity contribution in [2.24, 2.45) is 17.6 Å². The molecule has 1 heterocycles. The predicted molar refractivity (Wildman–Crippen MR) is 59.8 cm³/mol. The van der Waals surface area contributed by atoms with Gasteiger partial charge in [-0.05, 0) is 6.42 Å². The molecular formula is C11H20N2O3. The Hall–Kier alpha value is -1.10. The number of hydrogen-bond donors (Lipinski definition) is 2. The third kappa shape index (κ3) is 2.72. The molecule has 5 heteroatoms. The van der Waals surface area contributed by atoms with Gasteiger partial charge < -0.3 is 15.7 Å². The van der Waals surface area contributed by atoms with Crippen LogP contribution >= 0.6 is 0 Å². The van der Waals surface area contributed by atoms with E-state index in [-0.39, 0.29) is 17.7 Å². The van der Waals surface area contributed by atoms with Gasteiger partial charge in [-0.2, -0.15) is 0 Å².